The molecule has 0 heterocycles. The van der Waals surface area contributed by atoms with Gasteiger partial charge in [0.25, 0.3) is 0 Å². The Morgan fingerprint density at radius 3 is 2.88 bits per heavy atom. The Labute approximate surface area is 97.2 Å². The van der Waals surface area contributed by atoms with Gasteiger partial charge in [-0.2, -0.15) is 0 Å². The number of benzene rings is 1. The lowest BCUT2D eigenvalue weighted by Gasteiger charge is -2.11. The Morgan fingerprint density at radius 1 is 1.31 bits per heavy atom. The number of aryl methyl sites for hydroxylation is 1. The average Bonchev–Trinajstić information content (AvgIpc) is 2.30. The zero-order valence-corrected chi connectivity index (χ0v) is 9.83. The Kier molecular flexibility index (Phi) is 3.55. The van der Waals surface area contributed by atoms with Crippen molar-refractivity contribution in [2.24, 2.45) is 0 Å². The zero-order valence-electron chi connectivity index (χ0n) is 9.83. The van der Waals surface area contributed by atoms with Gasteiger partial charge in [-0.15, -0.1) is 0 Å². The highest BCUT2D eigenvalue weighted by Gasteiger charge is 2.10. The SMILES string of the molecule is Cc1cccc(C(=O)CC2=CCCCC2)c1. The summed E-state index contributed by atoms with van der Waals surface area (Å²) in [5.41, 5.74) is 3.34. The first-order chi connectivity index (χ1) is 7.75. The van der Waals surface area contributed by atoms with Crippen LogP contribution in [0.4, 0.5) is 0 Å². The van der Waals surface area contributed by atoms with E-state index in [1.165, 1.54) is 18.4 Å². The molecule has 0 spiro atoms. The van der Waals surface area contributed by atoms with Gasteiger partial charge in [0.2, 0.25) is 0 Å². The van der Waals surface area contributed by atoms with Crippen molar-refractivity contribution < 1.29 is 4.79 Å². The molecule has 0 aromatic heterocycles. The average molecular weight is 214 g/mol. The van der Waals surface area contributed by atoms with E-state index in [4.69, 9.17) is 0 Å². The van der Waals surface area contributed by atoms with Crippen LogP contribution in [-0.2, 0) is 0 Å². The van der Waals surface area contributed by atoms with Gasteiger partial charge in [0.15, 0.2) is 5.78 Å². The third kappa shape index (κ3) is 2.82. The molecule has 0 bridgehead atoms. The molecule has 0 N–H and O–H groups in total. The first-order valence-electron chi connectivity index (χ1n) is 6.03. The van der Waals surface area contributed by atoms with Gasteiger partial charge in [0.05, 0.1) is 0 Å². The van der Waals surface area contributed by atoms with E-state index >= 15 is 0 Å². The van der Waals surface area contributed by atoms with Crippen molar-refractivity contribution in [3.63, 3.8) is 0 Å². The van der Waals surface area contributed by atoms with Gasteiger partial charge in [0.1, 0.15) is 0 Å². The summed E-state index contributed by atoms with van der Waals surface area (Å²) in [5.74, 6) is 0.261. The third-order valence-electron chi connectivity index (χ3n) is 3.11. The Bertz CT molecular complexity index is 415. The summed E-state index contributed by atoms with van der Waals surface area (Å²) in [5, 5.41) is 0. The molecule has 0 unspecified atom stereocenters. The maximum atomic E-state index is 12.0. The van der Waals surface area contributed by atoms with Crippen molar-refractivity contribution in [1.29, 1.82) is 0 Å². The van der Waals surface area contributed by atoms with Crippen LogP contribution in [0.25, 0.3) is 0 Å². The minimum absolute atomic E-state index is 0.261. The number of hydrogen-bond acceptors (Lipinski definition) is 1. The molecule has 0 amide bonds. The molecule has 0 saturated carbocycles. The molecule has 2 rings (SSSR count). The molecular weight excluding hydrogens is 196 g/mol. The van der Waals surface area contributed by atoms with Crippen LogP contribution in [0.15, 0.2) is 35.9 Å². The van der Waals surface area contributed by atoms with Gasteiger partial charge < -0.3 is 0 Å². The highest BCUT2D eigenvalue weighted by Crippen LogP contribution is 2.21. The second kappa shape index (κ2) is 5.11. The van der Waals surface area contributed by atoms with Crippen molar-refractivity contribution in [1.82, 2.24) is 0 Å². The summed E-state index contributed by atoms with van der Waals surface area (Å²) in [6, 6.07) is 7.87. The molecule has 1 heteroatoms. The number of ketones is 1. The second-order valence-corrected chi connectivity index (χ2v) is 4.58. The van der Waals surface area contributed by atoms with Crippen LogP contribution < -0.4 is 0 Å². The van der Waals surface area contributed by atoms with Crippen LogP contribution in [0.5, 0.6) is 0 Å². The fourth-order valence-electron chi connectivity index (χ4n) is 2.19. The fourth-order valence-corrected chi connectivity index (χ4v) is 2.19. The molecule has 0 atom stereocenters. The molecule has 16 heavy (non-hydrogen) atoms. The molecule has 0 fully saturated rings. The van der Waals surface area contributed by atoms with E-state index in [1.807, 2.05) is 31.2 Å². The van der Waals surface area contributed by atoms with Crippen molar-refractivity contribution in [3.8, 4) is 0 Å². The third-order valence-corrected chi connectivity index (χ3v) is 3.11. The molecule has 1 aliphatic carbocycles. The first kappa shape index (κ1) is 11.1. The van der Waals surface area contributed by atoms with Crippen molar-refractivity contribution in [2.45, 2.75) is 39.0 Å². The van der Waals surface area contributed by atoms with Gasteiger partial charge >= 0.3 is 0 Å². The molecule has 0 saturated heterocycles. The number of carbonyl (C=O) groups is 1. The van der Waals surface area contributed by atoms with Gasteiger partial charge in [-0.3, -0.25) is 4.79 Å². The lowest BCUT2D eigenvalue weighted by Crippen LogP contribution is -2.03. The lowest BCUT2D eigenvalue weighted by atomic mass is 9.93. The Hall–Kier alpha value is -1.37. The Morgan fingerprint density at radius 2 is 2.19 bits per heavy atom. The molecule has 1 nitrogen and oxygen atoms in total. The minimum atomic E-state index is 0.261. The standard InChI is InChI=1S/C15H18O/c1-12-6-5-9-14(10-12)15(16)11-13-7-3-2-4-8-13/h5-7,9-10H,2-4,8,11H2,1H3. The van der Waals surface area contributed by atoms with Gasteiger partial charge in [0, 0.05) is 12.0 Å². The van der Waals surface area contributed by atoms with Crippen molar-refractivity contribution in [3.05, 3.63) is 47.0 Å². The molecule has 0 radical (unpaired) electrons. The first-order valence-corrected chi connectivity index (χ1v) is 6.03. The zero-order chi connectivity index (χ0) is 11.4. The lowest BCUT2D eigenvalue weighted by molar-refractivity contribution is 0.0991. The highest BCUT2D eigenvalue weighted by atomic mass is 16.1. The van der Waals surface area contributed by atoms with Crippen LogP contribution in [0, 0.1) is 6.92 Å². The van der Waals surface area contributed by atoms with Crippen LogP contribution in [0.2, 0.25) is 0 Å². The monoisotopic (exact) mass is 214 g/mol. The number of carbonyl (C=O) groups excluding carboxylic acids is 1. The van der Waals surface area contributed by atoms with E-state index < -0.39 is 0 Å². The van der Waals surface area contributed by atoms with Crippen LogP contribution >= 0.6 is 0 Å². The predicted molar refractivity (Wildman–Crippen MR) is 66.7 cm³/mol. The fraction of sp³-hybridized carbons (Fsp3) is 0.400. The molecular formula is C15H18O. The molecule has 0 aliphatic heterocycles. The van der Waals surface area contributed by atoms with E-state index in [0.717, 1.165) is 24.0 Å². The second-order valence-electron chi connectivity index (χ2n) is 4.58. The van der Waals surface area contributed by atoms with Crippen LogP contribution in [-0.4, -0.2) is 5.78 Å². The topological polar surface area (TPSA) is 17.1 Å². The quantitative estimate of drug-likeness (QED) is 0.547. The highest BCUT2D eigenvalue weighted by molar-refractivity contribution is 5.97. The maximum absolute atomic E-state index is 12.0. The molecule has 1 aliphatic rings. The minimum Gasteiger partial charge on any atom is -0.294 e. The number of allylic oxidation sites excluding steroid dienone is 2. The normalized spacial score (nSPS) is 15.7. The van der Waals surface area contributed by atoms with Gasteiger partial charge in [-0.25, -0.2) is 0 Å². The number of rotatable bonds is 3. The van der Waals surface area contributed by atoms with Crippen LogP contribution in [0.3, 0.4) is 0 Å². The van der Waals surface area contributed by atoms with E-state index in [2.05, 4.69) is 6.08 Å². The number of Topliss-reactive ketones (excluding diaryl/α,β-unsaturated/α-hetero) is 1. The van der Waals surface area contributed by atoms with E-state index in [-0.39, 0.29) is 5.78 Å². The van der Waals surface area contributed by atoms with E-state index in [0.29, 0.717) is 6.42 Å². The van der Waals surface area contributed by atoms with Crippen LogP contribution in [0.1, 0.15) is 48.0 Å². The summed E-state index contributed by atoms with van der Waals surface area (Å²) in [4.78, 5) is 12.0. The summed E-state index contributed by atoms with van der Waals surface area (Å²) >= 11 is 0. The molecule has 1 aromatic rings. The summed E-state index contributed by atoms with van der Waals surface area (Å²) < 4.78 is 0. The summed E-state index contributed by atoms with van der Waals surface area (Å²) in [7, 11) is 0. The van der Waals surface area contributed by atoms with Gasteiger partial charge in [-0.05, 0) is 38.7 Å². The molecule has 84 valence electrons. The Balaban J connectivity index is 2.05. The smallest absolute Gasteiger partial charge is 0.166 e. The van der Waals surface area contributed by atoms with Gasteiger partial charge in [-0.1, -0.05) is 35.4 Å². The largest absolute Gasteiger partial charge is 0.294 e. The number of hydrogen-bond donors (Lipinski definition) is 0. The summed E-state index contributed by atoms with van der Waals surface area (Å²) in [6.07, 6.45) is 7.64. The van der Waals surface area contributed by atoms with E-state index in [9.17, 15) is 4.79 Å². The predicted octanol–water partition coefficient (Wildman–Crippen LogP) is 4.07. The molecule has 1 aromatic carbocycles. The maximum Gasteiger partial charge on any atom is 0.166 e. The van der Waals surface area contributed by atoms with Crippen molar-refractivity contribution >= 4 is 5.78 Å². The summed E-state index contributed by atoms with van der Waals surface area (Å²) in [6.45, 7) is 2.02. The van der Waals surface area contributed by atoms with E-state index in [1.54, 1.807) is 0 Å². The van der Waals surface area contributed by atoms with Crippen molar-refractivity contribution in [2.75, 3.05) is 0 Å².